The van der Waals surface area contributed by atoms with E-state index in [2.05, 4.69) is 10.2 Å². The molecule has 0 saturated carbocycles. The van der Waals surface area contributed by atoms with Gasteiger partial charge in [0.05, 0.1) is 18.7 Å². The van der Waals surface area contributed by atoms with E-state index in [4.69, 9.17) is 9.47 Å². The number of ether oxygens (including phenoxy) is 2. The average molecular weight is 434 g/mol. The Balaban J connectivity index is 1.40. The second-order valence-electron chi connectivity index (χ2n) is 8.05. The van der Waals surface area contributed by atoms with Crippen LogP contribution in [0, 0.1) is 0 Å². The standard InChI is InChI=1S/C23H25F3N2O3/c24-23(25,26)19-8-4-7-18(15-19)20(17-5-2-1-3-6-17)30-14-13-28-11-9-22(10-12-28)16-27-21(29)31-22/h1-8,15,20H,9-14,16H2,(H,27,29). The van der Waals surface area contributed by atoms with Gasteiger partial charge in [-0.15, -0.1) is 0 Å². The highest BCUT2D eigenvalue weighted by molar-refractivity contribution is 5.70. The van der Waals surface area contributed by atoms with Crippen LogP contribution >= 0.6 is 0 Å². The number of alkyl carbamates (subject to hydrolysis) is 1. The maximum absolute atomic E-state index is 13.2. The normalized spacial score (nSPS) is 19.8. The van der Waals surface area contributed by atoms with Gasteiger partial charge in [-0.25, -0.2) is 4.79 Å². The molecule has 2 saturated heterocycles. The van der Waals surface area contributed by atoms with Crippen molar-refractivity contribution >= 4 is 6.09 Å². The number of nitrogens with one attached hydrogen (secondary N) is 1. The number of carbonyl (C=O) groups excluding carboxylic acids is 1. The second kappa shape index (κ2) is 8.88. The zero-order valence-corrected chi connectivity index (χ0v) is 17.0. The summed E-state index contributed by atoms with van der Waals surface area (Å²) in [5.74, 6) is 0. The molecular formula is C23H25F3N2O3. The lowest BCUT2D eigenvalue weighted by Gasteiger charge is -2.37. The Morgan fingerprint density at radius 3 is 2.42 bits per heavy atom. The molecule has 2 fully saturated rings. The monoisotopic (exact) mass is 434 g/mol. The van der Waals surface area contributed by atoms with Crippen LogP contribution in [0.3, 0.4) is 0 Å². The van der Waals surface area contributed by atoms with E-state index in [9.17, 15) is 18.0 Å². The number of carbonyl (C=O) groups is 1. The van der Waals surface area contributed by atoms with Crippen molar-refractivity contribution in [3.8, 4) is 0 Å². The molecule has 0 aliphatic carbocycles. The number of benzene rings is 2. The molecule has 0 aromatic heterocycles. The fourth-order valence-electron chi connectivity index (χ4n) is 4.16. The molecule has 0 bridgehead atoms. The largest absolute Gasteiger partial charge is 0.441 e. The first-order valence-electron chi connectivity index (χ1n) is 10.4. The number of hydrogen-bond donors (Lipinski definition) is 1. The topological polar surface area (TPSA) is 50.8 Å². The quantitative estimate of drug-likeness (QED) is 0.733. The van der Waals surface area contributed by atoms with Crippen LogP contribution < -0.4 is 5.32 Å². The highest BCUT2D eigenvalue weighted by atomic mass is 19.4. The lowest BCUT2D eigenvalue weighted by molar-refractivity contribution is -0.137. The van der Waals surface area contributed by atoms with Crippen molar-refractivity contribution in [2.24, 2.45) is 0 Å². The van der Waals surface area contributed by atoms with Crippen molar-refractivity contribution in [2.45, 2.75) is 30.7 Å². The molecule has 1 amide bonds. The maximum atomic E-state index is 13.2. The highest BCUT2D eigenvalue weighted by Crippen LogP contribution is 2.34. The number of rotatable bonds is 6. The van der Waals surface area contributed by atoms with Crippen LogP contribution in [0.2, 0.25) is 0 Å². The van der Waals surface area contributed by atoms with Crippen molar-refractivity contribution < 1.29 is 27.4 Å². The van der Waals surface area contributed by atoms with E-state index in [1.54, 1.807) is 6.07 Å². The minimum Gasteiger partial charge on any atom is -0.441 e. The van der Waals surface area contributed by atoms with Gasteiger partial charge in [-0.05, 0) is 23.3 Å². The summed E-state index contributed by atoms with van der Waals surface area (Å²) >= 11 is 0. The van der Waals surface area contributed by atoms with Gasteiger partial charge >= 0.3 is 12.3 Å². The van der Waals surface area contributed by atoms with Gasteiger partial charge in [0, 0.05) is 32.5 Å². The molecule has 8 heteroatoms. The molecule has 166 valence electrons. The number of alkyl halides is 3. The number of likely N-dealkylation sites (tertiary alicyclic amines) is 1. The second-order valence-corrected chi connectivity index (χ2v) is 8.05. The van der Waals surface area contributed by atoms with Crippen LogP contribution in [0.4, 0.5) is 18.0 Å². The molecule has 1 spiro atoms. The van der Waals surface area contributed by atoms with Gasteiger partial charge in [-0.1, -0.05) is 42.5 Å². The molecule has 2 aromatic rings. The van der Waals surface area contributed by atoms with Crippen LogP contribution in [0.15, 0.2) is 54.6 Å². The van der Waals surface area contributed by atoms with E-state index in [1.165, 1.54) is 6.07 Å². The first kappa shape index (κ1) is 21.6. The summed E-state index contributed by atoms with van der Waals surface area (Å²) in [6.45, 7) is 3.12. The van der Waals surface area contributed by atoms with E-state index in [0.717, 1.165) is 43.6 Å². The minimum atomic E-state index is -4.40. The third kappa shape index (κ3) is 5.19. The fourth-order valence-corrected chi connectivity index (χ4v) is 4.16. The zero-order valence-electron chi connectivity index (χ0n) is 17.0. The summed E-state index contributed by atoms with van der Waals surface area (Å²) in [7, 11) is 0. The Morgan fingerprint density at radius 1 is 1.06 bits per heavy atom. The predicted octanol–water partition coefficient (Wildman–Crippen LogP) is 4.39. The number of amides is 1. The first-order chi connectivity index (χ1) is 14.8. The van der Waals surface area contributed by atoms with Gasteiger partial charge in [-0.3, -0.25) is 0 Å². The van der Waals surface area contributed by atoms with Crippen LogP contribution in [-0.2, 0) is 15.7 Å². The molecular weight excluding hydrogens is 409 g/mol. The van der Waals surface area contributed by atoms with E-state index in [1.807, 2.05) is 30.3 Å². The predicted molar refractivity (Wildman–Crippen MR) is 109 cm³/mol. The van der Waals surface area contributed by atoms with Crippen molar-refractivity contribution in [1.29, 1.82) is 0 Å². The average Bonchev–Trinajstić information content (AvgIpc) is 3.13. The molecule has 4 rings (SSSR count). The van der Waals surface area contributed by atoms with Crippen LogP contribution in [-0.4, -0.2) is 49.4 Å². The minimum absolute atomic E-state index is 0.358. The highest BCUT2D eigenvalue weighted by Gasteiger charge is 2.42. The zero-order chi connectivity index (χ0) is 21.9. The molecule has 31 heavy (non-hydrogen) atoms. The number of piperidine rings is 1. The van der Waals surface area contributed by atoms with Crippen molar-refractivity contribution in [3.05, 3.63) is 71.3 Å². The number of halogens is 3. The molecule has 1 atom stereocenters. The number of hydrogen-bond acceptors (Lipinski definition) is 4. The van der Waals surface area contributed by atoms with Gasteiger partial charge in [0.15, 0.2) is 0 Å². The van der Waals surface area contributed by atoms with E-state index < -0.39 is 23.4 Å². The summed E-state index contributed by atoms with van der Waals surface area (Å²) in [5, 5.41) is 2.72. The van der Waals surface area contributed by atoms with Crippen molar-refractivity contribution in [2.75, 3.05) is 32.8 Å². The molecule has 1 unspecified atom stereocenters. The summed E-state index contributed by atoms with van der Waals surface area (Å²) in [6.07, 6.45) is -3.84. The molecule has 2 aliphatic heterocycles. The summed E-state index contributed by atoms with van der Waals surface area (Å²) in [6, 6.07) is 14.6. The lowest BCUT2D eigenvalue weighted by atomic mass is 9.92. The van der Waals surface area contributed by atoms with Crippen molar-refractivity contribution in [3.63, 3.8) is 0 Å². The van der Waals surface area contributed by atoms with Gasteiger partial charge in [0.2, 0.25) is 0 Å². The smallest absolute Gasteiger partial charge is 0.416 e. The third-order valence-electron chi connectivity index (χ3n) is 5.94. The van der Waals surface area contributed by atoms with Crippen LogP contribution in [0.5, 0.6) is 0 Å². The van der Waals surface area contributed by atoms with Gasteiger partial charge in [0.1, 0.15) is 11.7 Å². The molecule has 2 aromatic carbocycles. The summed E-state index contributed by atoms with van der Waals surface area (Å²) in [5.41, 5.74) is 0.195. The first-order valence-corrected chi connectivity index (χ1v) is 10.4. The van der Waals surface area contributed by atoms with Crippen LogP contribution in [0.1, 0.15) is 35.6 Å². The Morgan fingerprint density at radius 2 is 1.77 bits per heavy atom. The van der Waals surface area contributed by atoms with Crippen molar-refractivity contribution in [1.82, 2.24) is 10.2 Å². The third-order valence-corrected chi connectivity index (χ3v) is 5.94. The van der Waals surface area contributed by atoms with Crippen LogP contribution in [0.25, 0.3) is 0 Å². The Kier molecular flexibility index (Phi) is 6.20. The molecule has 2 heterocycles. The maximum Gasteiger partial charge on any atom is 0.416 e. The summed E-state index contributed by atoms with van der Waals surface area (Å²) < 4.78 is 51.1. The summed E-state index contributed by atoms with van der Waals surface area (Å²) in [4.78, 5) is 13.6. The molecule has 0 radical (unpaired) electrons. The molecule has 5 nitrogen and oxygen atoms in total. The SMILES string of the molecule is O=C1NCC2(CCN(CCOC(c3ccccc3)c3cccc(C(F)(F)F)c3)CC2)O1. The Labute approximate surface area is 179 Å². The van der Waals surface area contributed by atoms with E-state index >= 15 is 0 Å². The molecule has 1 N–H and O–H groups in total. The van der Waals surface area contributed by atoms with E-state index in [-0.39, 0.29) is 6.09 Å². The Hall–Kier alpha value is -2.58. The van der Waals surface area contributed by atoms with E-state index in [0.29, 0.717) is 25.3 Å². The number of nitrogens with zero attached hydrogens (tertiary/aromatic N) is 1. The molecule has 2 aliphatic rings. The van der Waals surface area contributed by atoms with Gasteiger partial charge < -0.3 is 19.7 Å². The lowest BCUT2D eigenvalue weighted by Crippen LogP contribution is -2.47. The van der Waals surface area contributed by atoms with Gasteiger partial charge in [0.25, 0.3) is 0 Å². The van der Waals surface area contributed by atoms with Gasteiger partial charge in [-0.2, -0.15) is 13.2 Å². The fraction of sp³-hybridized carbons (Fsp3) is 0.435. The Bertz CT molecular complexity index is 896.